The fourth-order valence-corrected chi connectivity index (χ4v) is 2.95. The van der Waals surface area contributed by atoms with Crippen LogP contribution in [0.3, 0.4) is 0 Å². The van der Waals surface area contributed by atoms with E-state index < -0.39 is 0 Å². The number of ether oxygens (including phenoxy) is 2. The van der Waals surface area contributed by atoms with Crippen molar-refractivity contribution in [2.24, 2.45) is 0 Å². The third-order valence-corrected chi connectivity index (χ3v) is 3.93. The van der Waals surface area contributed by atoms with E-state index in [2.05, 4.69) is 15.0 Å². The highest BCUT2D eigenvalue weighted by Gasteiger charge is 2.22. The first-order valence-corrected chi connectivity index (χ1v) is 7.83. The molecule has 1 aliphatic rings. The summed E-state index contributed by atoms with van der Waals surface area (Å²) >= 11 is 6.13. The molecule has 0 radical (unpaired) electrons. The topological polar surface area (TPSA) is 77.1 Å². The molecule has 22 heavy (non-hydrogen) atoms. The molecule has 0 atom stereocenters. The fraction of sp³-hybridized carbons (Fsp3) is 0.533. The molecular weight excluding hydrogens is 306 g/mol. The third-order valence-electron chi connectivity index (χ3n) is 3.74. The Hall–Kier alpha value is -1.66. The Morgan fingerprint density at radius 3 is 2.95 bits per heavy atom. The molecule has 1 aliphatic heterocycles. The Kier molecular flexibility index (Phi) is 4.59. The number of H-pyrrole nitrogens is 1. The molecule has 2 aromatic rings. The van der Waals surface area contributed by atoms with Crippen molar-refractivity contribution < 1.29 is 14.3 Å². The van der Waals surface area contributed by atoms with E-state index in [0.717, 1.165) is 42.8 Å². The number of carbonyl (C=O) groups is 1. The van der Waals surface area contributed by atoms with Crippen molar-refractivity contribution in [1.82, 2.24) is 15.0 Å². The van der Waals surface area contributed by atoms with E-state index in [1.807, 2.05) is 0 Å². The number of nitrogens with zero attached hydrogens (tertiary/aromatic N) is 2. The fourth-order valence-electron chi connectivity index (χ4n) is 2.74. The molecule has 0 amide bonds. The molecular formula is C15H18ClN3O3. The highest BCUT2D eigenvalue weighted by Crippen LogP contribution is 2.31. The van der Waals surface area contributed by atoms with E-state index in [0.29, 0.717) is 17.6 Å². The van der Waals surface area contributed by atoms with Gasteiger partial charge in [-0.15, -0.1) is 0 Å². The molecule has 118 valence electrons. The van der Waals surface area contributed by atoms with Crippen LogP contribution >= 0.6 is 11.6 Å². The van der Waals surface area contributed by atoms with Crippen LogP contribution in [0.2, 0.25) is 5.15 Å². The predicted octanol–water partition coefficient (Wildman–Crippen LogP) is 2.61. The number of imidazole rings is 1. The van der Waals surface area contributed by atoms with Gasteiger partial charge >= 0.3 is 5.97 Å². The average Bonchev–Trinajstić information content (AvgIpc) is 2.89. The number of esters is 1. The highest BCUT2D eigenvalue weighted by atomic mass is 35.5. The number of halogens is 1. The van der Waals surface area contributed by atoms with Gasteiger partial charge in [-0.2, -0.15) is 0 Å². The van der Waals surface area contributed by atoms with Crippen LogP contribution in [0.25, 0.3) is 11.0 Å². The second kappa shape index (κ2) is 6.62. The van der Waals surface area contributed by atoms with Crippen LogP contribution in [0, 0.1) is 0 Å². The van der Waals surface area contributed by atoms with Crippen molar-refractivity contribution >= 4 is 28.6 Å². The van der Waals surface area contributed by atoms with Crippen LogP contribution in [-0.2, 0) is 20.7 Å². The second-order valence-corrected chi connectivity index (χ2v) is 5.67. The minimum atomic E-state index is -0.298. The van der Waals surface area contributed by atoms with E-state index in [4.69, 9.17) is 21.1 Å². The molecule has 6 nitrogen and oxygen atoms in total. The minimum Gasteiger partial charge on any atom is -0.466 e. The summed E-state index contributed by atoms with van der Waals surface area (Å²) in [5, 5.41) is 0.431. The number of pyridine rings is 1. The summed E-state index contributed by atoms with van der Waals surface area (Å²) in [6.07, 6.45) is 1.93. The average molecular weight is 324 g/mol. The quantitative estimate of drug-likeness (QED) is 0.691. The number of hydrogen-bond donors (Lipinski definition) is 1. The molecule has 0 spiro atoms. The summed E-state index contributed by atoms with van der Waals surface area (Å²) in [7, 11) is 0. The van der Waals surface area contributed by atoms with E-state index in [1.54, 1.807) is 13.0 Å². The first-order chi connectivity index (χ1) is 10.7. The minimum absolute atomic E-state index is 0.118. The molecule has 1 fully saturated rings. The maximum Gasteiger partial charge on any atom is 0.313 e. The van der Waals surface area contributed by atoms with Crippen LogP contribution in [0.5, 0.6) is 0 Å². The Labute approximate surface area is 133 Å². The number of fused-ring (bicyclic) bond motifs is 1. The summed E-state index contributed by atoms with van der Waals surface area (Å²) in [5.74, 6) is 0.563. The van der Waals surface area contributed by atoms with Crippen LogP contribution in [0.4, 0.5) is 0 Å². The lowest BCUT2D eigenvalue weighted by molar-refractivity contribution is -0.142. The van der Waals surface area contributed by atoms with Gasteiger partial charge < -0.3 is 14.5 Å². The summed E-state index contributed by atoms with van der Waals surface area (Å²) in [6, 6.07) is 1.74. The van der Waals surface area contributed by atoms with Crippen LogP contribution in [0.15, 0.2) is 6.07 Å². The zero-order chi connectivity index (χ0) is 15.5. The molecule has 0 aliphatic carbocycles. The van der Waals surface area contributed by atoms with Crippen LogP contribution in [0.1, 0.15) is 37.2 Å². The van der Waals surface area contributed by atoms with Gasteiger partial charge in [0.2, 0.25) is 0 Å². The van der Waals surface area contributed by atoms with Gasteiger partial charge in [-0.25, -0.2) is 9.97 Å². The molecule has 2 aromatic heterocycles. The van der Waals surface area contributed by atoms with Crippen molar-refractivity contribution in [2.45, 2.75) is 32.1 Å². The largest absolute Gasteiger partial charge is 0.466 e. The maximum absolute atomic E-state index is 11.6. The molecule has 3 heterocycles. The van der Waals surface area contributed by atoms with Gasteiger partial charge in [0.1, 0.15) is 22.9 Å². The molecule has 0 saturated carbocycles. The molecule has 7 heteroatoms. The Morgan fingerprint density at radius 2 is 2.23 bits per heavy atom. The van der Waals surface area contributed by atoms with E-state index in [1.165, 1.54) is 0 Å². The first kappa shape index (κ1) is 15.2. The van der Waals surface area contributed by atoms with Gasteiger partial charge in [0, 0.05) is 25.2 Å². The standard InChI is InChI=1S/C15H18ClN3O3/c1-2-22-13(20)8-12-17-10-7-11(16)18-14(15(10)19-12)9-3-5-21-6-4-9/h7,9H,2-6,8H2,1H3,(H,17,19). The maximum atomic E-state index is 11.6. The molecule has 0 aromatic carbocycles. The second-order valence-electron chi connectivity index (χ2n) is 5.28. The SMILES string of the molecule is CCOC(=O)Cc1nc2c(C3CCOCC3)nc(Cl)cc2[nH]1. The van der Waals surface area contributed by atoms with E-state index in [9.17, 15) is 4.79 Å². The number of hydrogen-bond acceptors (Lipinski definition) is 5. The summed E-state index contributed by atoms with van der Waals surface area (Å²) in [4.78, 5) is 23.7. The van der Waals surface area contributed by atoms with Crippen molar-refractivity contribution in [3.05, 3.63) is 22.7 Å². The predicted molar refractivity (Wildman–Crippen MR) is 82.0 cm³/mol. The normalized spacial score (nSPS) is 16.1. The van der Waals surface area contributed by atoms with Crippen molar-refractivity contribution in [3.63, 3.8) is 0 Å². The number of rotatable bonds is 4. The molecule has 3 rings (SSSR count). The highest BCUT2D eigenvalue weighted by molar-refractivity contribution is 6.30. The molecule has 0 unspecified atom stereocenters. The van der Waals surface area contributed by atoms with Gasteiger partial charge in [0.05, 0.1) is 17.8 Å². The van der Waals surface area contributed by atoms with Gasteiger partial charge in [-0.05, 0) is 19.8 Å². The van der Waals surface area contributed by atoms with E-state index in [-0.39, 0.29) is 18.3 Å². The number of aromatic amines is 1. The van der Waals surface area contributed by atoms with Gasteiger partial charge in [-0.3, -0.25) is 4.79 Å². The van der Waals surface area contributed by atoms with Crippen molar-refractivity contribution in [1.29, 1.82) is 0 Å². The van der Waals surface area contributed by atoms with Crippen molar-refractivity contribution in [3.8, 4) is 0 Å². The van der Waals surface area contributed by atoms with Crippen LogP contribution < -0.4 is 0 Å². The molecule has 1 saturated heterocycles. The van der Waals surface area contributed by atoms with E-state index >= 15 is 0 Å². The summed E-state index contributed by atoms with van der Waals surface area (Å²) in [5.41, 5.74) is 2.48. The third kappa shape index (κ3) is 3.23. The summed E-state index contributed by atoms with van der Waals surface area (Å²) in [6.45, 7) is 3.59. The lowest BCUT2D eigenvalue weighted by atomic mass is 9.95. The monoisotopic (exact) mass is 323 g/mol. The van der Waals surface area contributed by atoms with Gasteiger partial charge in [-0.1, -0.05) is 11.6 Å². The summed E-state index contributed by atoms with van der Waals surface area (Å²) < 4.78 is 10.4. The van der Waals surface area contributed by atoms with Crippen LogP contribution in [-0.4, -0.2) is 40.7 Å². The zero-order valence-corrected chi connectivity index (χ0v) is 13.2. The lowest BCUT2D eigenvalue weighted by Gasteiger charge is -2.21. The lowest BCUT2D eigenvalue weighted by Crippen LogP contribution is -2.15. The number of carbonyl (C=O) groups excluding carboxylic acids is 1. The van der Waals surface area contributed by atoms with Crippen molar-refractivity contribution in [2.75, 3.05) is 19.8 Å². The Morgan fingerprint density at radius 1 is 1.45 bits per heavy atom. The molecule has 1 N–H and O–H groups in total. The first-order valence-electron chi connectivity index (χ1n) is 7.45. The van der Waals surface area contributed by atoms with Gasteiger partial charge in [0.25, 0.3) is 0 Å². The Bertz CT molecular complexity index is 680. The molecule has 0 bridgehead atoms. The number of aromatic nitrogens is 3. The Balaban J connectivity index is 1.94. The number of nitrogens with one attached hydrogen (secondary N) is 1. The van der Waals surface area contributed by atoms with Gasteiger partial charge in [0.15, 0.2) is 0 Å². The zero-order valence-electron chi connectivity index (χ0n) is 12.4. The smallest absolute Gasteiger partial charge is 0.313 e.